The van der Waals surface area contributed by atoms with Crippen molar-refractivity contribution in [2.75, 3.05) is 13.1 Å². The Morgan fingerprint density at radius 1 is 1.22 bits per heavy atom. The minimum Gasteiger partial charge on any atom is -0.490 e. The molecule has 4 rings (SSSR count). The van der Waals surface area contributed by atoms with Gasteiger partial charge in [0, 0.05) is 11.1 Å². The second kappa shape index (κ2) is 7.55. The van der Waals surface area contributed by atoms with Gasteiger partial charge in [-0.1, -0.05) is 22.5 Å². The van der Waals surface area contributed by atoms with Crippen LogP contribution in [0.5, 0.6) is 5.75 Å². The van der Waals surface area contributed by atoms with Gasteiger partial charge < -0.3 is 20.3 Å². The van der Waals surface area contributed by atoms with E-state index in [0.29, 0.717) is 16.8 Å². The molecule has 1 fully saturated rings. The lowest BCUT2D eigenvalue weighted by Crippen LogP contribution is -2.34. The quantitative estimate of drug-likeness (QED) is 0.277. The van der Waals surface area contributed by atoms with Crippen molar-refractivity contribution in [1.82, 2.24) is 10.5 Å². The van der Waals surface area contributed by atoms with Gasteiger partial charge in [-0.2, -0.15) is 5.53 Å². The fraction of sp³-hybridized carbons (Fsp3) is 0.263. The van der Waals surface area contributed by atoms with Crippen molar-refractivity contribution in [1.29, 1.82) is 5.53 Å². The van der Waals surface area contributed by atoms with E-state index in [1.165, 1.54) is 0 Å². The maximum atomic E-state index is 6.83. The van der Waals surface area contributed by atoms with Crippen LogP contribution in [0.15, 0.2) is 57.3 Å². The first kappa shape index (κ1) is 17.2. The molecule has 1 aromatic heterocycles. The van der Waals surface area contributed by atoms with Crippen LogP contribution in [-0.4, -0.2) is 30.2 Å². The van der Waals surface area contributed by atoms with Crippen molar-refractivity contribution in [3.63, 3.8) is 0 Å². The van der Waals surface area contributed by atoms with Gasteiger partial charge in [0.05, 0.1) is 5.39 Å². The number of aromatic nitrogens is 1. The highest BCUT2D eigenvalue weighted by molar-refractivity contribution is 6.02. The highest BCUT2D eigenvalue weighted by Crippen LogP contribution is 2.32. The molecule has 1 aliphatic rings. The van der Waals surface area contributed by atoms with Gasteiger partial charge in [-0.15, -0.1) is 5.10 Å². The molecule has 0 amide bonds. The predicted molar refractivity (Wildman–Crippen MR) is 102 cm³/mol. The Morgan fingerprint density at radius 2 is 2.07 bits per heavy atom. The van der Waals surface area contributed by atoms with Crippen LogP contribution in [0.2, 0.25) is 0 Å². The Balaban J connectivity index is 1.67. The van der Waals surface area contributed by atoms with Crippen LogP contribution >= 0.6 is 0 Å². The van der Waals surface area contributed by atoms with E-state index in [1.807, 2.05) is 30.3 Å². The third kappa shape index (κ3) is 3.65. The standard InChI is InChI=1S/C19H20N6O2/c20-19(23-25-21)13-4-5-17-16(11-13)18(27-24-17)12-2-1-3-15(10-12)26-14-6-8-22-9-7-14/h1-5,10-11,14,22H,6-9H2,(H3,20,21,23). The van der Waals surface area contributed by atoms with Crippen LogP contribution < -0.4 is 15.8 Å². The molecule has 1 aliphatic heterocycles. The van der Waals surface area contributed by atoms with Crippen LogP contribution in [0.4, 0.5) is 0 Å². The topological polar surface area (TPSA) is 122 Å². The summed E-state index contributed by atoms with van der Waals surface area (Å²) in [7, 11) is 0. The highest BCUT2D eigenvalue weighted by Gasteiger charge is 2.16. The molecular weight excluding hydrogens is 344 g/mol. The summed E-state index contributed by atoms with van der Waals surface area (Å²) in [6.07, 6.45) is 2.22. The van der Waals surface area contributed by atoms with Crippen LogP contribution in [0.3, 0.4) is 0 Å². The Morgan fingerprint density at radius 3 is 2.89 bits per heavy atom. The van der Waals surface area contributed by atoms with E-state index in [0.717, 1.165) is 42.6 Å². The first-order valence-electron chi connectivity index (χ1n) is 8.82. The Hall–Kier alpha value is -3.26. The van der Waals surface area contributed by atoms with Crippen LogP contribution in [0.1, 0.15) is 18.4 Å². The molecule has 0 radical (unpaired) electrons. The maximum Gasteiger partial charge on any atom is 0.174 e. The highest BCUT2D eigenvalue weighted by atomic mass is 16.5. The lowest BCUT2D eigenvalue weighted by molar-refractivity contribution is 0.162. The molecule has 4 N–H and O–H groups in total. The average Bonchev–Trinajstić information content (AvgIpc) is 3.12. The van der Waals surface area contributed by atoms with Crippen molar-refractivity contribution in [3.05, 3.63) is 48.0 Å². The van der Waals surface area contributed by atoms with E-state index < -0.39 is 0 Å². The van der Waals surface area contributed by atoms with Crippen molar-refractivity contribution >= 4 is 16.7 Å². The minimum absolute atomic E-state index is 0.169. The van der Waals surface area contributed by atoms with Crippen LogP contribution in [0.25, 0.3) is 22.2 Å². The lowest BCUT2D eigenvalue weighted by Gasteiger charge is -2.23. The molecule has 0 unspecified atom stereocenters. The molecular formula is C19H20N6O2. The van der Waals surface area contributed by atoms with Gasteiger partial charge in [0.1, 0.15) is 17.4 Å². The number of hydrogen-bond acceptors (Lipinski definition) is 6. The molecule has 0 spiro atoms. The van der Waals surface area contributed by atoms with Crippen molar-refractivity contribution in [2.45, 2.75) is 18.9 Å². The van der Waals surface area contributed by atoms with Gasteiger partial charge in [0.2, 0.25) is 0 Å². The predicted octanol–water partition coefficient (Wildman–Crippen LogP) is 3.28. The number of benzene rings is 2. The van der Waals surface area contributed by atoms with Crippen molar-refractivity contribution < 1.29 is 9.26 Å². The lowest BCUT2D eigenvalue weighted by atomic mass is 10.1. The molecule has 8 nitrogen and oxygen atoms in total. The van der Waals surface area contributed by atoms with E-state index in [-0.39, 0.29) is 11.9 Å². The molecule has 0 bridgehead atoms. The number of nitrogens with one attached hydrogen (secondary N) is 2. The van der Waals surface area contributed by atoms with Crippen molar-refractivity contribution in [3.8, 4) is 17.1 Å². The fourth-order valence-electron chi connectivity index (χ4n) is 3.24. The maximum absolute atomic E-state index is 6.83. The van der Waals surface area contributed by atoms with Gasteiger partial charge in [-0.3, -0.25) is 0 Å². The number of fused-ring (bicyclic) bond motifs is 1. The molecule has 0 aliphatic carbocycles. The third-order valence-electron chi connectivity index (χ3n) is 4.62. The van der Waals surface area contributed by atoms with Crippen molar-refractivity contribution in [2.24, 2.45) is 16.1 Å². The smallest absolute Gasteiger partial charge is 0.174 e. The van der Waals surface area contributed by atoms with Gasteiger partial charge in [0.25, 0.3) is 0 Å². The van der Waals surface area contributed by atoms with E-state index >= 15 is 0 Å². The third-order valence-corrected chi connectivity index (χ3v) is 4.62. The van der Waals surface area contributed by atoms with E-state index in [1.54, 1.807) is 12.1 Å². The second-order valence-corrected chi connectivity index (χ2v) is 6.42. The normalized spacial score (nSPS) is 15.8. The molecule has 2 aromatic carbocycles. The SMILES string of the molecule is N=NN=C(N)c1ccc2noc(-c3cccc(OC4CCNCC4)c3)c2c1. The number of rotatable bonds is 5. The zero-order valence-corrected chi connectivity index (χ0v) is 14.7. The number of ether oxygens (including phenoxy) is 1. The largest absolute Gasteiger partial charge is 0.490 e. The number of hydrogen-bond donors (Lipinski definition) is 3. The van der Waals surface area contributed by atoms with E-state index in [9.17, 15) is 0 Å². The van der Waals surface area contributed by atoms with Gasteiger partial charge in [-0.05, 0) is 56.3 Å². The summed E-state index contributed by atoms with van der Waals surface area (Å²) in [6.45, 7) is 1.96. The summed E-state index contributed by atoms with van der Waals surface area (Å²) in [6, 6.07) is 13.2. The van der Waals surface area contributed by atoms with E-state index in [2.05, 4.69) is 20.8 Å². The Kier molecular flexibility index (Phi) is 4.80. The summed E-state index contributed by atoms with van der Waals surface area (Å²) in [5, 5.41) is 14.8. The molecule has 0 saturated carbocycles. The fourth-order valence-corrected chi connectivity index (χ4v) is 3.24. The van der Waals surface area contributed by atoms with Gasteiger partial charge >= 0.3 is 0 Å². The summed E-state index contributed by atoms with van der Waals surface area (Å²) < 4.78 is 11.7. The molecule has 3 aromatic rings. The average molecular weight is 364 g/mol. The molecule has 2 heterocycles. The van der Waals surface area contributed by atoms with Gasteiger partial charge in [0.15, 0.2) is 11.6 Å². The summed E-state index contributed by atoms with van der Waals surface area (Å²) in [4.78, 5) is 0. The van der Waals surface area contributed by atoms with Crippen LogP contribution in [0, 0.1) is 5.53 Å². The molecule has 27 heavy (non-hydrogen) atoms. The first-order valence-corrected chi connectivity index (χ1v) is 8.82. The number of piperidine rings is 1. The molecule has 138 valence electrons. The number of amidine groups is 1. The molecule has 1 saturated heterocycles. The zero-order valence-electron chi connectivity index (χ0n) is 14.7. The first-order chi connectivity index (χ1) is 13.2. The Labute approximate surface area is 155 Å². The number of nitrogens with two attached hydrogens (primary N) is 1. The summed E-state index contributed by atoms with van der Waals surface area (Å²) in [5.41, 5.74) is 14.9. The molecule has 0 atom stereocenters. The summed E-state index contributed by atoms with van der Waals surface area (Å²) >= 11 is 0. The Bertz CT molecular complexity index is 991. The second-order valence-electron chi connectivity index (χ2n) is 6.42. The van der Waals surface area contributed by atoms with Gasteiger partial charge in [-0.25, -0.2) is 0 Å². The summed E-state index contributed by atoms with van der Waals surface area (Å²) in [5.74, 6) is 1.62. The monoisotopic (exact) mass is 364 g/mol. The van der Waals surface area contributed by atoms with Crippen LogP contribution in [-0.2, 0) is 0 Å². The minimum atomic E-state index is 0.169. The number of nitrogens with zero attached hydrogens (tertiary/aromatic N) is 3. The molecule has 8 heteroatoms. The zero-order chi connectivity index (χ0) is 18.6. The van der Waals surface area contributed by atoms with E-state index in [4.69, 9.17) is 20.5 Å².